The average molecular weight is 331 g/mol. The molecule has 0 saturated carbocycles. The summed E-state index contributed by atoms with van der Waals surface area (Å²) < 4.78 is 4.62. The summed E-state index contributed by atoms with van der Waals surface area (Å²) in [7, 11) is 0. The number of fused-ring (bicyclic) bond motifs is 1. The van der Waals surface area contributed by atoms with Crippen LogP contribution in [0, 0.1) is 0 Å². The summed E-state index contributed by atoms with van der Waals surface area (Å²) in [6, 6.07) is 4.07. The monoisotopic (exact) mass is 331 g/mol. The van der Waals surface area contributed by atoms with Gasteiger partial charge in [-0.25, -0.2) is 9.42 Å². The molecule has 3 rings (SSSR count). The van der Waals surface area contributed by atoms with Crippen molar-refractivity contribution in [2.75, 3.05) is 6.54 Å². The second-order valence-corrected chi connectivity index (χ2v) is 5.56. The third-order valence-electron chi connectivity index (χ3n) is 3.75. The van der Waals surface area contributed by atoms with Crippen LogP contribution in [0.25, 0.3) is 11.0 Å². The summed E-state index contributed by atoms with van der Waals surface area (Å²) in [6.45, 7) is 2.52. The van der Waals surface area contributed by atoms with Crippen LogP contribution in [-0.2, 0) is 16.1 Å². The van der Waals surface area contributed by atoms with Crippen molar-refractivity contribution in [3.8, 4) is 0 Å². The van der Waals surface area contributed by atoms with Gasteiger partial charge in [-0.05, 0) is 34.4 Å². The van der Waals surface area contributed by atoms with Crippen LogP contribution in [0.2, 0.25) is 0 Å². The average Bonchev–Trinajstić information content (AvgIpc) is 3.13. The highest BCUT2D eigenvalue weighted by atomic mass is 16.6. The van der Waals surface area contributed by atoms with Crippen molar-refractivity contribution in [2.24, 2.45) is 0 Å². The minimum Gasteiger partial charge on any atom is -0.352 e. The van der Waals surface area contributed by atoms with E-state index in [0.29, 0.717) is 24.0 Å². The Bertz CT molecular complexity index is 787. The Morgan fingerprint density at radius 1 is 1.33 bits per heavy atom. The molecule has 9 heteroatoms. The Labute approximate surface area is 137 Å². The molecule has 2 aromatic rings. The molecule has 1 aliphatic heterocycles. The third kappa shape index (κ3) is 3.19. The fourth-order valence-electron chi connectivity index (χ4n) is 2.55. The fourth-order valence-corrected chi connectivity index (χ4v) is 2.55. The smallest absolute Gasteiger partial charge is 0.324 e. The van der Waals surface area contributed by atoms with E-state index in [1.807, 2.05) is 6.92 Å². The molecule has 1 fully saturated rings. The fraction of sp³-hybridized carbons (Fsp3) is 0.400. The highest BCUT2D eigenvalue weighted by Gasteiger charge is 2.38. The second-order valence-electron chi connectivity index (χ2n) is 5.56. The summed E-state index contributed by atoms with van der Waals surface area (Å²) in [5.41, 5.74) is 2.08. The van der Waals surface area contributed by atoms with Crippen LogP contribution in [0.3, 0.4) is 0 Å². The van der Waals surface area contributed by atoms with Gasteiger partial charge in [-0.2, -0.15) is 0 Å². The molecule has 4 amide bonds. The molecule has 1 aromatic heterocycles. The molecular formula is C15H17N5O4. The maximum atomic E-state index is 12.1. The molecule has 1 saturated heterocycles. The van der Waals surface area contributed by atoms with Crippen molar-refractivity contribution >= 4 is 28.9 Å². The van der Waals surface area contributed by atoms with E-state index >= 15 is 0 Å². The van der Waals surface area contributed by atoms with Gasteiger partial charge in [0.1, 0.15) is 17.1 Å². The van der Waals surface area contributed by atoms with Crippen LogP contribution >= 0.6 is 0 Å². The largest absolute Gasteiger partial charge is 0.352 e. The molecule has 0 radical (unpaired) electrons. The predicted octanol–water partition coefficient (Wildman–Crippen LogP) is 0.559. The first-order valence-electron chi connectivity index (χ1n) is 7.68. The van der Waals surface area contributed by atoms with E-state index in [-0.39, 0.29) is 24.8 Å². The molecule has 1 aliphatic rings. The van der Waals surface area contributed by atoms with Crippen molar-refractivity contribution in [1.29, 1.82) is 0 Å². The number of nitrogens with zero attached hydrogens (tertiary/aromatic N) is 3. The number of hydrogen-bond acceptors (Lipinski definition) is 6. The van der Waals surface area contributed by atoms with Crippen molar-refractivity contribution in [2.45, 2.75) is 32.4 Å². The van der Waals surface area contributed by atoms with E-state index in [9.17, 15) is 14.4 Å². The Kier molecular flexibility index (Phi) is 4.41. The van der Waals surface area contributed by atoms with E-state index in [2.05, 4.69) is 25.6 Å². The molecule has 1 atom stereocenters. The van der Waals surface area contributed by atoms with Crippen molar-refractivity contribution in [1.82, 2.24) is 25.8 Å². The standard InChI is InChI=1S/C15H17N5O4/c1-2-5-20-14(22)12(17-15(20)23)7-13(21)16-8-9-3-4-10-11(6-9)19-24-18-10/h3-4,6,12H,2,5,7-8H2,1H3,(H,16,21)(H,17,23)/t12-/m0/s1. The molecule has 2 N–H and O–H groups in total. The Hall–Kier alpha value is -2.97. The molecular weight excluding hydrogens is 314 g/mol. The van der Waals surface area contributed by atoms with E-state index in [1.165, 1.54) is 0 Å². The number of rotatable bonds is 6. The lowest BCUT2D eigenvalue weighted by atomic mass is 10.1. The molecule has 2 heterocycles. The first-order chi connectivity index (χ1) is 11.6. The van der Waals surface area contributed by atoms with E-state index in [4.69, 9.17) is 0 Å². The minimum atomic E-state index is -0.800. The van der Waals surface area contributed by atoms with Crippen molar-refractivity contribution in [3.05, 3.63) is 23.8 Å². The van der Waals surface area contributed by atoms with Gasteiger partial charge in [0.2, 0.25) is 5.91 Å². The van der Waals surface area contributed by atoms with Crippen LogP contribution in [0.5, 0.6) is 0 Å². The number of carbonyl (C=O) groups excluding carboxylic acids is 3. The molecule has 24 heavy (non-hydrogen) atoms. The van der Waals surface area contributed by atoms with Gasteiger partial charge in [-0.1, -0.05) is 13.0 Å². The van der Waals surface area contributed by atoms with Gasteiger partial charge in [0.05, 0.1) is 6.42 Å². The molecule has 1 aromatic carbocycles. The number of benzene rings is 1. The highest BCUT2D eigenvalue weighted by molar-refractivity contribution is 6.05. The summed E-state index contributed by atoms with van der Waals surface area (Å²) in [5, 5.41) is 12.7. The molecule has 126 valence electrons. The first-order valence-corrected chi connectivity index (χ1v) is 7.68. The zero-order chi connectivity index (χ0) is 17.1. The summed E-state index contributed by atoms with van der Waals surface area (Å²) in [4.78, 5) is 36.9. The van der Waals surface area contributed by atoms with Gasteiger partial charge in [0, 0.05) is 13.1 Å². The normalized spacial score (nSPS) is 17.4. The number of amides is 4. The van der Waals surface area contributed by atoms with Gasteiger partial charge in [0.15, 0.2) is 0 Å². The SMILES string of the molecule is CCCN1C(=O)N[C@@H](CC(=O)NCc2ccc3nonc3c2)C1=O. The Morgan fingerprint density at radius 2 is 2.12 bits per heavy atom. The van der Waals surface area contributed by atoms with Crippen LogP contribution < -0.4 is 10.6 Å². The number of urea groups is 1. The van der Waals surface area contributed by atoms with Crippen LogP contribution in [0.1, 0.15) is 25.3 Å². The Balaban J connectivity index is 1.54. The molecule has 0 aliphatic carbocycles. The van der Waals surface area contributed by atoms with Crippen molar-refractivity contribution in [3.63, 3.8) is 0 Å². The molecule has 0 spiro atoms. The van der Waals surface area contributed by atoms with Crippen LogP contribution in [0.15, 0.2) is 22.8 Å². The van der Waals surface area contributed by atoms with Gasteiger partial charge < -0.3 is 10.6 Å². The Morgan fingerprint density at radius 3 is 2.92 bits per heavy atom. The second kappa shape index (κ2) is 6.65. The van der Waals surface area contributed by atoms with E-state index in [0.717, 1.165) is 10.5 Å². The number of carbonyl (C=O) groups is 3. The van der Waals surface area contributed by atoms with E-state index in [1.54, 1.807) is 18.2 Å². The van der Waals surface area contributed by atoms with Crippen LogP contribution in [0.4, 0.5) is 4.79 Å². The van der Waals surface area contributed by atoms with Gasteiger partial charge in [0.25, 0.3) is 5.91 Å². The first kappa shape index (κ1) is 15.9. The number of hydrogen-bond donors (Lipinski definition) is 2. The number of imide groups is 1. The van der Waals surface area contributed by atoms with Gasteiger partial charge in [-0.15, -0.1) is 0 Å². The maximum Gasteiger partial charge on any atom is 0.324 e. The topological polar surface area (TPSA) is 117 Å². The van der Waals surface area contributed by atoms with Gasteiger partial charge in [-0.3, -0.25) is 14.5 Å². The molecule has 0 unspecified atom stereocenters. The maximum absolute atomic E-state index is 12.1. The lowest BCUT2D eigenvalue weighted by Crippen LogP contribution is -2.36. The van der Waals surface area contributed by atoms with E-state index < -0.39 is 12.1 Å². The predicted molar refractivity (Wildman–Crippen MR) is 82.6 cm³/mol. The lowest BCUT2D eigenvalue weighted by molar-refractivity contribution is -0.130. The number of aromatic nitrogens is 2. The quantitative estimate of drug-likeness (QED) is 0.747. The lowest BCUT2D eigenvalue weighted by Gasteiger charge is -2.11. The van der Waals surface area contributed by atoms with Crippen molar-refractivity contribution < 1.29 is 19.0 Å². The summed E-state index contributed by atoms with van der Waals surface area (Å²) in [5.74, 6) is -0.669. The van der Waals surface area contributed by atoms with Gasteiger partial charge >= 0.3 is 6.03 Å². The number of nitrogens with one attached hydrogen (secondary N) is 2. The zero-order valence-corrected chi connectivity index (χ0v) is 13.1. The summed E-state index contributed by atoms with van der Waals surface area (Å²) >= 11 is 0. The summed E-state index contributed by atoms with van der Waals surface area (Å²) in [6.07, 6.45) is 0.593. The zero-order valence-electron chi connectivity index (χ0n) is 13.1. The molecule has 9 nitrogen and oxygen atoms in total. The third-order valence-corrected chi connectivity index (χ3v) is 3.75. The van der Waals surface area contributed by atoms with Crippen LogP contribution in [-0.4, -0.2) is 45.6 Å². The minimum absolute atomic E-state index is 0.0848. The molecule has 0 bridgehead atoms. The highest BCUT2D eigenvalue weighted by Crippen LogP contribution is 2.12.